The molecule has 0 aliphatic heterocycles. The Morgan fingerprint density at radius 1 is 0.621 bits per heavy atom. The minimum absolute atomic E-state index is 0. The van der Waals surface area contributed by atoms with Crippen LogP contribution < -0.4 is 9.05 Å². The zero-order valence-electron chi connectivity index (χ0n) is 14.8. The molecule has 14 heteroatoms. The zero-order valence-corrected chi connectivity index (χ0v) is 19.5. The van der Waals surface area contributed by atoms with Crippen LogP contribution in [-0.2, 0) is 14.5 Å². The van der Waals surface area contributed by atoms with Gasteiger partial charge in [-0.2, -0.15) is 0 Å². The molecular weight excluding hydrogens is 530 g/mol. The van der Waals surface area contributed by atoms with E-state index in [0.29, 0.717) is 0 Å². The van der Waals surface area contributed by atoms with E-state index in [-0.39, 0.29) is 162 Å². The smallest absolute Gasteiger partial charge is 0.404 e. The Kier molecular flexibility index (Phi) is 19.6. The van der Waals surface area contributed by atoms with Crippen LogP contribution in [0.25, 0.3) is 0 Å². The van der Waals surface area contributed by atoms with Crippen molar-refractivity contribution in [2.45, 2.75) is 19.3 Å². The van der Waals surface area contributed by atoms with Gasteiger partial charge >= 0.3 is 15.6 Å². The Morgan fingerprint density at radius 3 is 1.07 bits per heavy atom. The summed E-state index contributed by atoms with van der Waals surface area (Å²) in [5.41, 5.74) is 1.24. The fraction of sp³-hybridized carbons (Fsp3) is 0.200. The molecule has 29 heavy (non-hydrogen) atoms. The van der Waals surface area contributed by atoms with Crippen molar-refractivity contribution in [2.24, 2.45) is 0 Å². The minimum Gasteiger partial charge on any atom is -0.404 e. The maximum absolute atomic E-state index is 10.8. The fourth-order valence-corrected chi connectivity index (χ4v) is 3.10. The summed E-state index contributed by atoms with van der Waals surface area (Å²) >= 11 is 0. The number of rotatable bonds is 6. The molecule has 0 saturated heterocycles. The average molecular weight is 548 g/mol. The van der Waals surface area contributed by atoms with E-state index in [9.17, 15) is 9.13 Å². The van der Waals surface area contributed by atoms with E-state index in [1.807, 2.05) is 13.8 Å². The van der Waals surface area contributed by atoms with E-state index in [1.165, 1.54) is 24.3 Å². The van der Waals surface area contributed by atoms with Gasteiger partial charge in [0, 0.05) is 156 Å². The first kappa shape index (κ1) is 36.9. The van der Waals surface area contributed by atoms with Crippen LogP contribution in [0.4, 0.5) is 0 Å². The van der Waals surface area contributed by atoms with Crippen molar-refractivity contribution in [1.29, 1.82) is 0 Å². The first-order chi connectivity index (χ1) is 11.4. The van der Waals surface area contributed by atoms with Gasteiger partial charge in [0.15, 0.2) is 0 Å². The summed E-state index contributed by atoms with van der Waals surface area (Å²) in [6, 6.07) is 12.6. The number of phosphoric acid groups is 2. The summed E-state index contributed by atoms with van der Waals surface area (Å²) < 4.78 is 30.7. The SMILES string of the molecule is CC(C)(c1ccc(OP(=O)(O)O)cc1)c1ccc(OP(=O)(O)O)cc1.[Ar].[Ar].[Ar].[Ar]. The maximum atomic E-state index is 10.8. The maximum Gasteiger partial charge on any atom is 0.524 e. The van der Waals surface area contributed by atoms with Crippen molar-refractivity contribution < 1.29 is 189 Å². The molecule has 0 radical (unpaired) electrons. The van der Waals surface area contributed by atoms with Crippen LogP contribution in [0.3, 0.4) is 0 Å². The monoisotopic (exact) mass is 548 g/mol. The van der Waals surface area contributed by atoms with Crippen LogP contribution in [0.5, 0.6) is 11.5 Å². The predicted molar refractivity (Wildman–Crippen MR) is 90.4 cm³/mol. The molecule has 0 bridgehead atoms. The van der Waals surface area contributed by atoms with Crippen molar-refractivity contribution in [3.8, 4) is 11.5 Å². The van der Waals surface area contributed by atoms with E-state index < -0.39 is 21.1 Å². The van der Waals surface area contributed by atoms with Gasteiger partial charge in [0.1, 0.15) is 11.5 Å². The molecule has 0 unspecified atom stereocenters. The van der Waals surface area contributed by atoms with Gasteiger partial charge in [-0.3, -0.25) is 19.6 Å². The zero-order chi connectivity index (χ0) is 18.9. The Balaban J connectivity index is -0.00000169. The van der Waals surface area contributed by atoms with E-state index >= 15 is 0 Å². The van der Waals surface area contributed by atoms with Crippen LogP contribution in [-0.4, -0.2) is 19.6 Å². The number of phosphoric ester groups is 2. The van der Waals surface area contributed by atoms with Gasteiger partial charge in [0.2, 0.25) is 0 Å². The van der Waals surface area contributed by atoms with Crippen LogP contribution in [0.15, 0.2) is 48.5 Å². The summed E-state index contributed by atoms with van der Waals surface area (Å²) in [4.78, 5) is 35.2. The quantitative estimate of drug-likeness (QED) is 0.406. The van der Waals surface area contributed by atoms with E-state index in [4.69, 9.17) is 19.6 Å². The standard InChI is InChI=1S/C15H18O8P2.4Ar/c1-15(2,11-3-7-13(8-4-11)22-24(16,17)18)12-5-9-14(10-6-12)23-25(19,20)21;;;;/h3-10H,1-2H3,(H2,16,17,18)(H2,19,20,21);;;;. The van der Waals surface area contributed by atoms with E-state index in [1.54, 1.807) is 24.3 Å². The van der Waals surface area contributed by atoms with Crippen molar-refractivity contribution in [3.63, 3.8) is 0 Å². The van der Waals surface area contributed by atoms with Gasteiger partial charge in [-0.25, -0.2) is 9.13 Å². The molecule has 0 spiro atoms. The number of hydrogen-bond acceptors (Lipinski definition) is 4. The normalized spacial score (nSPS) is 11.0. The fourth-order valence-electron chi connectivity index (χ4n) is 2.31. The Morgan fingerprint density at radius 2 is 0.862 bits per heavy atom. The van der Waals surface area contributed by atoms with Crippen molar-refractivity contribution in [1.82, 2.24) is 0 Å². The molecule has 0 saturated carbocycles. The van der Waals surface area contributed by atoms with Crippen molar-refractivity contribution in [2.75, 3.05) is 0 Å². The molecule has 0 aromatic heterocycles. The molecule has 4 N–H and O–H groups in total. The second-order valence-corrected chi connectivity index (χ2v) is 8.16. The van der Waals surface area contributed by atoms with E-state index in [0.717, 1.165) is 11.1 Å². The first-order valence-corrected chi connectivity index (χ1v) is 10.1. The molecule has 0 fully saturated rings. The molecule has 0 aliphatic rings. The molecule has 0 amide bonds. The van der Waals surface area contributed by atoms with Gasteiger partial charge in [-0.15, -0.1) is 0 Å². The second kappa shape index (κ2) is 15.4. The number of benzene rings is 2. The van der Waals surface area contributed by atoms with Crippen molar-refractivity contribution >= 4 is 15.6 Å². The summed E-state index contributed by atoms with van der Waals surface area (Å²) in [6.45, 7) is 3.87. The van der Waals surface area contributed by atoms with Crippen molar-refractivity contribution in [3.05, 3.63) is 59.7 Å². The molecular formula is C15H18Ar4O8P2. The van der Waals surface area contributed by atoms with Crippen LogP contribution in [0.1, 0.15) is 25.0 Å². The third-order valence-electron chi connectivity index (χ3n) is 3.60. The van der Waals surface area contributed by atoms with Gasteiger partial charge in [0.05, 0.1) is 0 Å². The molecule has 2 rings (SSSR count). The molecule has 8 nitrogen and oxygen atoms in total. The Bertz CT molecular complexity index is 765. The third kappa shape index (κ3) is 13.2. The first-order valence-electron chi connectivity index (χ1n) is 7.08. The second-order valence-electron chi connectivity index (χ2n) is 5.84. The average Bonchev–Trinajstić information content (AvgIpc) is 2.45. The van der Waals surface area contributed by atoms with Gasteiger partial charge in [-0.1, -0.05) is 38.1 Å². The molecule has 0 heterocycles. The predicted octanol–water partition coefficient (Wildman–Crippen LogP) is 2.96. The summed E-state index contributed by atoms with van der Waals surface area (Å²) in [7, 11) is -9.20. The molecule has 0 aliphatic carbocycles. The Labute approximate surface area is 289 Å². The van der Waals surface area contributed by atoms with Crippen LogP contribution in [0.2, 0.25) is 0 Å². The van der Waals surface area contributed by atoms with Gasteiger partial charge in [-0.05, 0) is 35.4 Å². The van der Waals surface area contributed by atoms with Crippen LogP contribution >= 0.6 is 15.6 Å². The minimum atomic E-state index is -4.60. The molecule has 0 atom stereocenters. The third-order valence-corrected chi connectivity index (χ3v) is 4.50. The largest absolute Gasteiger partial charge is 0.524 e. The van der Waals surface area contributed by atoms with Crippen LogP contribution in [0, 0.1) is 151 Å². The topological polar surface area (TPSA) is 134 Å². The number of hydrogen-bond donors (Lipinski definition) is 4. The van der Waals surface area contributed by atoms with E-state index in [2.05, 4.69) is 9.05 Å². The summed E-state index contributed by atoms with van der Waals surface area (Å²) in [6.07, 6.45) is 0. The summed E-state index contributed by atoms with van der Waals surface area (Å²) in [5.74, 6) is 0.108. The molecule has 168 valence electrons. The Hall–Kier alpha value is 3.38. The molecule has 2 aromatic carbocycles. The molecule has 2 aromatic rings. The summed E-state index contributed by atoms with van der Waals surface area (Å²) in [5, 5.41) is 0. The van der Waals surface area contributed by atoms with Gasteiger partial charge in [0.25, 0.3) is 0 Å². The van der Waals surface area contributed by atoms with Gasteiger partial charge < -0.3 is 9.05 Å².